The van der Waals surface area contributed by atoms with Crippen molar-refractivity contribution in [2.45, 2.75) is 10.2 Å². The summed E-state index contributed by atoms with van der Waals surface area (Å²) in [5.74, 6) is -1.10. The minimum atomic E-state index is -1.10. The molecule has 0 saturated carbocycles. The van der Waals surface area contributed by atoms with Crippen molar-refractivity contribution in [2.24, 2.45) is 0 Å². The summed E-state index contributed by atoms with van der Waals surface area (Å²) >= 11 is 7.11. The molecule has 0 atom stereocenters. The summed E-state index contributed by atoms with van der Waals surface area (Å²) in [6.07, 6.45) is 1.39. The number of fused-ring (bicyclic) bond motifs is 1. The van der Waals surface area contributed by atoms with E-state index in [1.807, 2.05) is 18.2 Å². The van der Waals surface area contributed by atoms with Gasteiger partial charge in [-0.15, -0.1) is 0 Å². The first-order valence-corrected chi connectivity index (χ1v) is 6.76. The zero-order valence-electron chi connectivity index (χ0n) is 9.91. The second kappa shape index (κ2) is 5.15. The second-order valence-electron chi connectivity index (χ2n) is 3.83. The molecule has 5 nitrogen and oxygen atoms in total. The molecular formula is C13H7ClN2O3S. The monoisotopic (exact) mass is 306 g/mol. The molecule has 0 fully saturated rings. The molecule has 1 N–H and O–H groups in total. The number of aromatic nitrogens is 2. The van der Waals surface area contributed by atoms with Gasteiger partial charge in [0.2, 0.25) is 0 Å². The van der Waals surface area contributed by atoms with Gasteiger partial charge in [-0.1, -0.05) is 23.7 Å². The quantitative estimate of drug-likeness (QED) is 0.794. The molecule has 2 aromatic heterocycles. The standard InChI is InChI=1S/C13H7ClN2O3S/c14-10-7(12(17)18)5-6-15-11(10)20-13-16-8-3-1-2-4-9(8)19-13/h1-6H,(H,17,18). The summed E-state index contributed by atoms with van der Waals surface area (Å²) in [7, 11) is 0. The maximum absolute atomic E-state index is 11.0. The zero-order valence-corrected chi connectivity index (χ0v) is 11.5. The smallest absolute Gasteiger partial charge is 0.337 e. The lowest BCUT2D eigenvalue weighted by Gasteiger charge is -2.02. The molecule has 0 bridgehead atoms. The normalized spacial score (nSPS) is 10.8. The number of benzene rings is 1. The highest BCUT2D eigenvalue weighted by atomic mass is 35.5. The van der Waals surface area contributed by atoms with Gasteiger partial charge in [-0.3, -0.25) is 0 Å². The van der Waals surface area contributed by atoms with Crippen LogP contribution in [0.5, 0.6) is 0 Å². The molecule has 0 radical (unpaired) electrons. The fourth-order valence-corrected chi connectivity index (χ4v) is 2.70. The maximum atomic E-state index is 11.0. The molecule has 2 heterocycles. The van der Waals surface area contributed by atoms with Crippen LogP contribution < -0.4 is 0 Å². The first-order valence-electron chi connectivity index (χ1n) is 5.56. The third-order valence-corrected chi connectivity index (χ3v) is 3.89. The van der Waals surface area contributed by atoms with Crippen molar-refractivity contribution >= 4 is 40.4 Å². The average molecular weight is 307 g/mol. The van der Waals surface area contributed by atoms with Gasteiger partial charge in [0.1, 0.15) is 10.5 Å². The number of nitrogens with zero attached hydrogens (tertiary/aromatic N) is 2. The van der Waals surface area contributed by atoms with Crippen molar-refractivity contribution < 1.29 is 14.3 Å². The van der Waals surface area contributed by atoms with Crippen LogP contribution in [-0.2, 0) is 0 Å². The Morgan fingerprint density at radius 3 is 2.85 bits per heavy atom. The van der Waals surface area contributed by atoms with Crippen molar-refractivity contribution in [3.63, 3.8) is 0 Å². The van der Waals surface area contributed by atoms with Crippen molar-refractivity contribution in [3.8, 4) is 0 Å². The highest BCUT2D eigenvalue weighted by Crippen LogP contribution is 2.34. The van der Waals surface area contributed by atoms with Crippen LogP contribution in [0.1, 0.15) is 10.4 Å². The van der Waals surface area contributed by atoms with E-state index in [0.29, 0.717) is 15.8 Å². The fourth-order valence-electron chi connectivity index (χ4n) is 1.64. The number of para-hydroxylation sites is 2. The van der Waals surface area contributed by atoms with Crippen LogP contribution in [-0.4, -0.2) is 21.0 Å². The maximum Gasteiger partial charge on any atom is 0.337 e. The number of rotatable bonds is 3. The van der Waals surface area contributed by atoms with Crippen LogP contribution in [0.2, 0.25) is 5.02 Å². The summed E-state index contributed by atoms with van der Waals surface area (Å²) in [4.78, 5) is 19.3. The van der Waals surface area contributed by atoms with E-state index in [1.54, 1.807) is 6.07 Å². The zero-order chi connectivity index (χ0) is 14.1. The molecule has 3 rings (SSSR count). The Kier molecular flexibility index (Phi) is 3.33. The molecule has 0 amide bonds. The molecule has 0 aliphatic rings. The largest absolute Gasteiger partial charge is 0.478 e. The summed E-state index contributed by atoms with van der Waals surface area (Å²) in [6, 6.07) is 8.68. The third-order valence-electron chi connectivity index (χ3n) is 2.55. The lowest BCUT2D eigenvalue weighted by molar-refractivity contribution is 0.0696. The molecule has 0 aliphatic carbocycles. The second-order valence-corrected chi connectivity index (χ2v) is 5.15. The molecule has 7 heteroatoms. The van der Waals surface area contributed by atoms with Crippen molar-refractivity contribution in [1.82, 2.24) is 9.97 Å². The minimum absolute atomic E-state index is 0.000257. The van der Waals surface area contributed by atoms with E-state index in [-0.39, 0.29) is 10.6 Å². The molecule has 0 saturated heterocycles. The number of hydrogen-bond donors (Lipinski definition) is 1. The van der Waals surface area contributed by atoms with Crippen molar-refractivity contribution in [1.29, 1.82) is 0 Å². The van der Waals surface area contributed by atoms with Crippen molar-refractivity contribution in [3.05, 3.63) is 47.1 Å². The van der Waals surface area contributed by atoms with Crippen LogP contribution in [0, 0.1) is 0 Å². The fraction of sp³-hybridized carbons (Fsp3) is 0. The number of carboxylic acids is 1. The Hall–Kier alpha value is -2.05. The number of pyridine rings is 1. The Morgan fingerprint density at radius 1 is 1.30 bits per heavy atom. The summed E-state index contributed by atoms with van der Waals surface area (Å²) in [5.41, 5.74) is 1.38. The first-order chi connectivity index (χ1) is 9.65. The molecule has 0 spiro atoms. The number of carboxylic acid groups (broad SMARTS) is 1. The number of oxazole rings is 1. The number of aromatic carboxylic acids is 1. The predicted octanol–water partition coefficient (Wildman–Crippen LogP) is 3.73. The van der Waals surface area contributed by atoms with Crippen LogP contribution in [0.4, 0.5) is 0 Å². The van der Waals surface area contributed by atoms with E-state index < -0.39 is 5.97 Å². The van der Waals surface area contributed by atoms with Gasteiger partial charge < -0.3 is 9.52 Å². The highest BCUT2D eigenvalue weighted by Gasteiger charge is 2.16. The predicted molar refractivity (Wildman–Crippen MR) is 74.3 cm³/mol. The molecule has 0 aliphatic heterocycles. The Bertz CT molecular complexity index is 770. The molecular weight excluding hydrogens is 300 g/mol. The Morgan fingerprint density at radius 2 is 2.10 bits per heavy atom. The van der Waals surface area contributed by atoms with Gasteiger partial charge >= 0.3 is 5.97 Å². The van der Waals surface area contributed by atoms with E-state index in [1.165, 1.54) is 12.3 Å². The van der Waals surface area contributed by atoms with E-state index in [0.717, 1.165) is 17.3 Å². The highest BCUT2D eigenvalue weighted by molar-refractivity contribution is 7.99. The third kappa shape index (κ3) is 2.35. The lowest BCUT2D eigenvalue weighted by Crippen LogP contribution is -1.99. The van der Waals surface area contributed by atoms with Crippen LogP contribution in [0.15, 0.2) is 51.2 Å². The lowest BCUT2D eigenvalue weighted by atomic mass is 10.3. The average Bonchev–Trinajstić information content (AvgIpc) is 2.83. The number of halogens is 1. The minimum Gasteiger partial charge on any atom is -0.478 e. The van der Waals surface area contributed by atoms with Gasteiger partial charge in [-0.05, 0) is 30.0 Å². The molecule has 100 valence electrons. The number of carbonyl (C=O) groups is 1. The molecule has 3 aromatic rings. The first kappa shape index (κ1) is 13.0. The van der Waals surface area contributed by atoms with E-state index in [2.05, 4.69) is 9.97 Å². The van der Waals surface area contributed by atoms with Crippen molar-refractivity contribution in [2.75, 3.05) is 0 Å². The van der Waals surface area contributed by atoms with Gasteiger partial charge in [-0.25, -0.2) is 14.8 Å². The summed E-state index contributed by atoms with van der Waals surface area (Å²) in [6.45, 7) is 0. The number of hydrogen-bond acceptors (Lipinski definition) is 5. The van der Waals surface area contributed by atoms with E-state index in [9.17, 15) is 4.79 Å². The molecule has 1 aromatic carbocycles. The van der Waals surface area contributed by atoms with Gasteiger partial charge in [0.05, 0.1) is 10.6 Å². The van der Waals surface area contributed by atoms with Crippen LogP contribution >= 0.6 is 23.4 Å². The van der Waals surface area contributed by atoms with Gasteiger partial charge in [0.25, 0.3) is 5.22 Å². The van der Waals surface area contributed by atoms with Crippen LogP contribution in [0.25, 0.3) is 11.1 Å². The SMILES string of the molecule is O=C(O)c1ccnc(Sc2nc3ccccc3o2)c1Cl. The summed E-state index contributed by atoms with van der Waals surface area (Å²) < 4.78 is 5.53. The van der Waals surface area contributed by atoms with Gasteiger partial charge in [0.15, 0.2) is 5.58 Å². The Balaban J connectivity index is 1.98. The molecule has 0 unspecified atom stereocenters. The summed E-state index contributed by atoms with van der Waals surface area (Å²) in [5, 5.41) is 9.80. The van der Waals surface area contributed by atoms with Crippen LogP contribution in [0.3, 0.4) is 0 Å². The molecule has 20 heavy (non-hydrogen) atoms. The van der Waals surface area contributed by atoms with E-state index in [4.69, 9.17) is 21.1 Å². The topological polar surface area (TPSA) is 76.2 Å². The van der Waals surface area contributed by atoms with Gasteiger partial charge in [0, 0.05) is 6.20 Å². The Labute approximate surface area is 122 Å². The van der Waals surface area contributed by atoms with Gasteiger partial charge in [-0.2, -0.15) is 0 Å². The van der Waals surface area contributed by atoms with E-state index >= 15 is 0 Å².